The maximum atomic E-state index is 13.1. The summed E-state index contributed by atoms with van der Waals surface area (Å²) in [6, 6.07) is 21.8. The van der Waals surface area contributed by atoms with Crippen molar-refractivity contribution in [2.45, 2.75) is 17.7 Å². The van der Waals surface area contributed by atoms with Crippen LogP contribution >= 0.6 is 0 Å². The van der Waals surface area contributed by atoms with E-state index in [2.05, 4.69) is 0 Å². The van der Waals surface area contributed by atoms with Crippen LogP contribution in [0.4, 0.5) is 5.69 Å². The van der Waals surface area contributed by atoms with E-state index in [1.807, 2.05) is 48.5 Å². The molecule has 1 aliphatic heterocycles. The molecular weight excluding hydrogens is 410 g/mol. The number of nitrogens with zero attached hydrogens (tertiary/aromatic N) is 3. The van der Waals surface area contributed by atoms with E-state index in [-0.39, 0.29) is 16.7 Å². The Morgan fingerprint density at radius 1 is 1.00 bits per heavy atom. The molecule has 4 rings (SSSR count). The lowest BCUT2D eigenvalue weighted by atomic mass is 9.96. The lowest BCUT2D eigenvalue weighted by Crippen LogP contribution is -2.43. The van der Waals surface area contributed by atoms with Gasteiger partial charge in [0.2, 0.25) is 15.9 Å². The van der Waals surface area contributed by atoms with Crippen LogP contribution in [0.25, 0.3) is 10.8 Å². The standard InChI is InChI=1S/C24H23N3O3S/c1-26(22-9-8-19-4-2-3-5-21(19)16-22)24(28)20-12-14-27(15-13-20)31(29,30)23-10-6-18(17-25)7-11-23/h2-11,16,20H,12-15H2,1H3. The average Bonchev–Trinajstić information content (AvgIpc) is 2.83. The van der Waals surface area contributed by atoms with Crippen LogP contribution in [0.3, 0.4) is 0 Å². The third-order valence-corrected chi connectivity index (χ3v) is 7.79. The van der Waals surface area contributed by atoms with Gasteiger partial charge in [-0.2, -0.15) is 9.57 Å². The molecule has 6 nitrogen and oxygen atoms in total. The second-order valence-corrected chi connectivity index (χ2v) is 9.68. The van der Waals surface area contributed by atoms with Crippen molar-refractivity contribution in [2.24, 2.45) is 5.92 Å². The summed E-state index contributed by atoms with van der Waals surface area (Å²) in [6.07, 6.45) is 0.957. The number of hydrogen-bond donors (Lipinski definition) is 0. The molecule has 0 aromatic heterocycles. The van der Waals surface area contributed by atoms with Crippen molar-refractivity contribution < 1.29 is 13.2 Å². The van der Waals surface area contributed by atoms with Crippen LogP contribution < -0.4 is 4.90 Å². The van der Waals surface area contributed by atoms with Crippen LogP contribution in [-0.4, -0.2) is 38.8 Å². The second-order valence-electron chi connectivity index (χ2n) is 7.74. The molecule has 158 valence electrons. The molecule has 31 heavy (non-hydrogen) atoms. The Balaban J connectivity index is 1.43. The van der Waals surface area contributed by atoms with Crippen molar-refractivity contribution >= 4 is 32.4 Å². The third-order valence-electron chi connectivity index (χ3n) is 5.88. The van der Waals surface area contributed by atoms with Crippen molar-refractivity contribution in [2.75, 3.05) is 25.0 Å². The molecule has 0 N–H and O–H groups in total. The topological polar surface area (TPSA) is 81.5 Å². The van der Waals surface area contributed by atoms with Gasteiger partial charge in [0.25, 0.3) is 0 Å². The van der Waals surface area contributed by atoms with Crippen LogP contribution in [-0.2, 0) is 14.8 Å². The Morgan fingerprint density at radius 3 is 2.29 bits per heavy atom. The molecule has 7 heteroatoms. The minimum atomic E-state index is -3.63. The smallest absolute Gasteiger partial charge is 0.243 e. The van der Waals surface area contributed by atoms with Crippen molar-refractivity contribution in [1.82, 2.24) is 4.31 Å². The van der Waals surface area contributed by atoms with Crippen LogP contribution in [0.2, 0.25) is 0 Å². The summed E-state index contributed by atoms with van der Waals surface area (Å²) in [7, 11) is -1.86. The predicted octanol–water partition coefficient (Wildman–Crippen LogP) is 3.78. The number of fused-ring (bicyclic) bond motifs is 1. The summed E-state index contributed by atoms with van der Waals surface area (Å²) >= 11 is 0. The van der Waals surface area contributed by atoms with Gasteiger partial charge in [0.1, 0.15) is 0 Å². The second kappa shape index (κ2) is 8.50. The quantitative estimate of drug-likeness (QED) is 0.627. The van der Waals surface area contributed by atoms with Crippen LogP contribution in [0.1, 0.15) is 18.4 Å². The highest BCUT2D eigenvalue weighted by Crippen LogP contribution is 2.28. The zero-order valence-electron chi connectivity index (χ0n) is 17.2. The fourth-order valence-corrected chi connectivity index (χ4v) is 5.45. The average molecular weight is 434 g/mol. The molecule has 3 aromatic rings. The van der Waals surface area contributed by atoms with Crippen LogP contribution in [0.15, 0.2) is 71.6 Å². The number of benzene rings is 3. The van der Waals surface area contributed by atoms with Crippen LogP contribution in [0, 0.1) is 17.2 Å². The normalized spacial score (nSPS) is 15.5. The molecule has 0 unspecified atom stereocenters. The first-order valence-corrected chi connectivity index (χ1v) is 11.6. The molecule has 1 aliphatic rings. The number of anilines is 1. The maximum Gasteiger partial charge on any atom is 0.243 e. The lowest BCUT2D eigenvalue weighted by Gasteiger charge is -2.32. The summed E-state index contributed by atoms with van der Waals surface area (Å²) in [6.45, 7) is 0.592. The van der Waals surface area contributed by atoms with Crippen molar-refractivity contribution in [3.63, 3.8) is 0 Å². The number of hydrogen-bond acceptors (Lipinski definition) is 4. The van der Waals surface area contributed by atoms with E-state index in [4.69, 9.17) is 5.26 Å². The Labute approximate surface area is 182 Å². The van der Waals surface area contributed by atoms with Crippen molar-refractivity contribution in [3.05, 3.63) is 72.3 Å². The molecule has 3 aromatic carbocycles. The molecule has 1 heterocycles. The lowest BCUT2D eigenvalue weighted by molar-refractivity contribution is -0.123. The number of carbonyl (C=O) groups excluding carboxylic acids is 1. The maximum absolute atomic E-state index is 13.1. The molecule has 0 atom stereocenters. The van der Waals surface area contributed by atoms with Gasteiger partial charge in [0.05, 0.1) is 16.5 Å². The molecule has 0 spiro atoms. The van der Waals surface area contributed by atoms with E-state index >= 15 is 0 Å². The van der Waals surface area contributed by atoms with Gasteiger partial charge in [-0.3, -0.25) is 4.79 Å². The highest BCUT2D eigenvalue weighted by molar-refractivity contribution is 7.89. The fourth-order valence-electron chi connectivity index (χ4n) is 3.98. The van der Waals surface area contributed by atoms with E-state index < -0.39 is 10.0 Å². The predicted molar refractivity (Wildman–Crippen MR) is 120 cm³/mol. The van der Waals surface area contributed by atoms with Gasteiger partial charge in [-0.1, -0.05) is 30.3 Å². The Kier molecular flexibility index (Phi) is 5.77. The molecule has 0 bridgehead atoms. The van der Waals surface area contributed by atoms with Gasteiger partial charge in [-0.05, 0) is 60.0 Å². The number of amides is 1. The number of nitriles is 1. The Bertz CT molecular complexity index is 1260. The van der Waals surface area contributed by atoms with E-state index in [1.165, 1.54) is 28.6 Å². The van der Waals surface area contributed by atoms with E-state index in [0.717, 1.165) is 16.5 Å². The summed E-state index contributed by atoms with van der Waals surface area (Å²) in [5, 5.41) is 11.1. The SMILES string of the molecule is CN(C(=O)C1CCN(S(=O)(=O)c2ccc(C#N)cc2)CC1)c1ccc2ccccc2c1. The monoisotopic (exact) mass is 433 g/mol. The third kappa shape index (κ3) is 4.18. The zero-order valence-corrected chi connectivity index (χ0v) is 18.0. The highest BCUT2D eigenvalue weighted by atomic mass is 32.2. The Hall–Kier alpha value is -3.21. The molecule has 1 fully saturated rings. The molecule has 0 aliphatic carbocycles. The molecule has 0 saturated carbocycles. The number of rotatable bonds is 4. The van der Waals surface area contributed by atoms with Gasteiger partial charge in [-0.25, -0.2) is 8.42 Å². The zero-order chi connectivity index (χ0) is 22.0. The molecule has 0 radical (unpaired) electrons. The Morgan fingerprint density at radius 2 is 1.65 bits per heavy atom. The first-order chi connectivity index (χ1) is 14.9. The van der Waals surface area contributed by atoms with E-state index in [0.29, 0.717) is 31.5 Å². The highest BCUT2D eigenvalue weighted by Gasteiger charge is 2.33. The van der Waals surface area contributed by atoms with Crippen LogP contribution in [0.5, 0.6) is 0 Å². The summed E-state index contributed by atoms with van der Waals surface area (Å²) in [5.41, 5.74) is 1.25. The summed E-state index contributed by atoms with van der Waals surface area (Å²) in [4.78, 5) is 14.9. The first kappa shape index (κ1) is 21.0. The van der Waals surface area contributed by atoms with Gasteiger partial charge in [0, 0.05) is 31.7 Å². The minimum absolute atomic E-state index is 0.00528. The van der Waals surface area contributed by atoms with Crippen molar-refractivity contribution in [3.8, 4) is 6.07 Å². The van der Waals surface area contributed by atoms with E-state index in [1.54, 1.807) is 11.9 Å². The number of sulfonamides is 1. The van der Waals surface area contributed by atoms with Gasteiger partial charge in [0.15, 0.2) is 0 Å². The molecular formula is C24H23N3O3S. The first-order valence-electron chi connectivity index (χ1n) is 10.2. The largest absolute Gasteiger partial charge is 0.315 e. The molecule has 1 amide bonds. The van der Waals surface area contributed by atoms with Crippen molar-refractivity contribution in [1.29, 1.82) is 5.26 Å². The summed E-state index contributed by atoms with van der Waals surface area (Å²) < 4.78 is 27.2. The van der Waals surface area contributed by atoms with Gasteiger partial charge in [-0.15, -0.1) is 0 Å². The summed E-state index contributed by atoms with van der Waals surface area (Å²) in [5.74, 6) is -0.213. The minimum Gasteiger partial charge on any atom is -0.315 e. The fraction of sp³-hybridized carbons (Fsp3) is 0.250. The molecule has 1 saturated heterocycles. The number of carbonyl (C=O) groups is 1. The number of piperidine rings is 1. The van der Waals surface area contributed by atoms with E-state index in [9.17, 15) is 13.2 Å². The van der Waals surface area contributed by atoms with Gasteiger partial charge >= 0.3 is 0 Å². The van der Waals surface area contributed by atoms with Gasteiger partial charge < -0.3 is 4.90 Å².